The van der Waals surface area contributed by atoms with Crippen molar-refractivity contribution in [2.24, 2.45) is 5.92 Å². The number of carbonyl (C=O) groups is 2. The zero-order valence-electron chi connectivity index (χ0n) is 9.28. The molecular formula is C10H18N2O3. The Morgan fingerprint density at radius 1 is 1.67 bits per heavy atom. The molecule has 1 fully saturated rings. The Bertz CT molecular complexity index is 243. The number of nitrogens with zero attached hydrogens (tertiary/aromatic N) is 1. The van der Waals surface area contributed by atoms with Crippen molar-refractivity contribution in [3.8, 4) is 0 Å². The van der Waals surface area contributed by atoms with Crippen molar-refractivity contribution in [1.29, 1.82) is 0 Å². The summed E-state index contributed by atoms with van der Waals surface area (Å²) in [5, 5.41) is 2.79. The molecular weight excluding hydrogens is 196 g/mol. The molecule has 0 spiro atoms. The number of hydrogen-bond donors (Lipinski definition) is 1. The van der Waals surface area contributed by atoms with Crippen LogP contribution in [0, 0.1) is 5.92 Å². The molecule has 1 rings (SSSR count). The molecule has 1 N–H and O–H groups in total. The van der Waals surface area contributed by atoms with E-state index >= 15 is 0 Å². The first-order chi connectivity index (χ1) is 7.15. The number of carbonyl (C=O) groups excluding carboxylic acids is 2. The molecule has 0 aliphatic carbocycles. The molecule has 0 aromatic heterocycles. The second-order valence-corrected chi connectivity index (χ2v) is 3.70. The second kappa shape index (κ2) is 5.58. The molecule has 15 heavy (non-hydrogen) atoms. The summed E-state index contributed by atoms with van der Waals surface area (Å²) in [5.41, 5.74) is 0. The molecule has 1 aliphatic rings. The smallest absolute Gasteiger partial charge is 0.409 e. The van der Waals surface area contributed by atoms with E-state index in [0.29, 0.717) is 26.2 Å². The minimum atomic E-state index is -0.284. The Hall–Kier alpha value is -1.26. The third-order valence-corrected chi connectivity index (χ3v) is 2.59. The van der Waals surface area contributed by atoms with Gasteiger partial charge in [0.25, 0.3) is 0 Å². The van der Waals surface area contributed by atoms with E-state index in [-0.39, 0.29) is 17.9 Å². The van der Waals surface area contributed by atoms with Gasteiger partial charge in [-0.3, -0.25) is 4.79 Å². The Morgan fingerprint density at radius 3 is 2.93 bits per heavy atom. The quantitative estimate of drug-likeness (QED) is 0.729. The van der Waals surface area contributed by atoms with Gasteiger partial charge in [-0.1, -0.05) is 13.8 Å². The highest BCUT2D eigenvalue weighted by molar-refractivity contribution is 5.78. The number of amides is 2. The van der Waals surface area contributed by atoms with Gasteiger partial charge in [0.2, 0.25) is 5.91 Å². The van der Waals surface area contributed by atoms with E-state index < -0.39 is 0 Å². The van der Waals surface area contributed by atoms with Crippen LogP contribution in [0.25, 0.3) is 0 Å². The standard InChI is InChI=1S/C10H18N2O3/c1-3-8(2)9(13)11-4-5-12-6-7-15-10(12)14/h8H,3-7H2,1-2H3,(H,11,13). The lowest BCUT2D eigenvalue weighted by atomic mass is 10.1. The second-order valence-electron chi connectivity index (χ2n) is 3.70. The van der Waals surface area contributed by atoms with Crippen molar-refractivity contribution in [2.75, 3.05) is 26.2 Å². The zero-order chi connectivity index (χ0) is 11.3. The van der Waals surface area contributed by atoms with E-state index in [9.17, 15) is 9.59 Å². The molecule has 0 saturated carbocycles. The molecule has 0 aromatic carbocycles. The van der Waals surface area contributed by atoms with Gasteiger partial charge in [-0.2, -0.15) is 0 Å². The zero-order valence-corrected chi connectivity index (χ0v) is 9.28. The van der Waals surface area contributed by atoms with Crippen molar-refractivity contribution in [2.45, 2.75) is 20.3 Å². The Morgan fingerprint density at radius 2 is 2.40 bits per heavy atom. The van der Waals surface area contributed by atoms with Crippen LogP contribution in [0.1, 0.15) is 20.3 Å². The molecule has 2 amide bonds. The Balaban J connectivity index is 2.15. The lowest BCUT2D eigenvalue weighted by Crippen LogP contribution is -2.37. The molecule has 86 valence electrons. The van der Waals surface area contributed by atoms with E-state index in [1.807, 2.05) is 13.8 Å². The lowest BCUT2D eigenvalue weighted by molar-refractivity contribution is -0.124. The predicted octanol–water partition coefficient (Wildman–Crippen LogP) is 0.601. The summed E-state index contributed by atoms with van der Waals surface area (Å²) in [5.74, 6) is 0.0839. The maximum atomic E-state index is 11.4. The summed E-state index contributed by atoms with van der Waals surface area (Å²) in [6.07, 6.45) is 0.546. The normalized spacial score (nSPS) is 17.5. The molecule has 1 unspecified atom stereocenters. The first-order valence-corrected chi connectivity index (χ1v) is 5.34. The molecule has 0 aromatic rings. The lowest BCUT2D eigenvalue weighted by Gasteiger charge is -2.14. The SMILES string of the molecule is CCC(C)C(=O)NCCN1CCOC1=O. The minimum Gasteiger partial charge on any atom is -0.448 e. The van der Waals surface area contributed by atoms with Crippen molar-refractivity contribution in [3.63, 3.8) is 0 Å². The van der Waals surface area contributed by atoms with E-state index in [2.05, 4.69) is 5.32 Å². The van der Waals surface area contributed by atoms with Gasteiger partial charge in [0.1, 0.15) is 6.61 Å². The van der Waals surface area contributed by atoms with Crippen LogP contribution in [0.4, 0.5) is 4.79 Å². The first kappa shape index (κ1) is 11.8. The van der Waals surface area contributed by atoms with Gasteiger partial charge in [0.05, 0.1) is 6.54 Å². The number of hydrogen-bond acceptors (Lipinski definition) is 3. The summed E-state index contributed by atoms with van der Waals surface area (Å²) in [6, 6.07) is 0. The van der Waals surface area contributed by atoms with Crippen LogP contribution in [-0.4, -0.2) is 43.1 Å². The van der Waals surface area contributed by atoms with Crippen molar-refractivity contribution < 1.29 is 14.3 Å². The number of ether oxygens (including phenoxy) is 1. The summed E-state index contributed by atoms with van der Waals surface area (Å²) in [4.78, 5) is 24.0. The summed E-state index contributed by atoms with van der Waals surface area (Å²) in [7, 11) is 0. The van der Waals surface area contributed by atoms with Crippen molar-refractivity contribution in [3.05, 3.63) is 0 Å². The first-order valence-electron chi connectivity index (χ1n) is 5.34. The van der Waals surface area contributed by atoms with Crippen molar-refractivity contribution >= 4 is 12.0 Å². The highest BCUT2D eigenvalue weighted by Crippen LogP contribution is 2.02. The average Bonchev–Trinajstić information content (AvgIpc) is 2.63. The molecule has 1 atom stereocenters. The third kappa shape index (κ3) is 3.42. The fourth-order valence-corrected chi connectivity index (χ4v) is 1.30. The molecule has 1 saturated heterocycles. The molecule has 5 nitrogen and oxygen atoms in total. The average molecular weight is 214 g/mol. The predicted molar refractivity (Wildman–Crippen MR) is 55.4 cm³/mol. The van der Waals surface area contributed by atoms with Crippen LogP contribution in [0.3, 0.4) is 0 Å². The van der Waals surface area contributed by atoms with Crippen LogP contribution in [-0.2, 0) is 9.53 Å². The summed E-state index contributed by atoms with van der Waals surface area (Å²) in [6.45, 7) is 5.97. The molecule has 0 radical (unpaired) electrons. The van der Waals surface area contributed by atoms with E-state index in [1.165, 1.54) is 0 Å². The van der Waals surface area contributed by atoms with Gasteiger partial charge in [0, 0.05) is 19.0 Å². The fourth-order valence-electron chi connectivity index (χ4n) is 1.30. The number of cyclic esters (lactones) is 1. The highest BCUT2D eigenvalue weighted by atomic mass is 16.6. The van der Waals surface area contributed by atoms with Crippen LogP contribution >= 0.6 is 0 Å². The molecule has 1 aliphatic heterocycles. The maximum absolute atomic E-state index is 11.4. The van der Waals surface area contributed by atoms with Crippen molar-refractivity contribution in [1.82, 2.24) is 10.2 Å². The van der Waals surface area contributed by atoms with Crippen LogP contribution in [0.15, 0.2) is 0 Å². The van der Waals surface area contributed by atoms with E-state index in [1.54, 1.807) is 4.90 Å². The van der Waals surface area contributed by atoms with E-state index in [0.717, 1.165) is 6.42 Å². The largest absolute Gasteiger partial charge is 0.448 e. The van der Waals surface area contributed by atoms with Gasteiger partial charge < -0.3 is 15.0 Å². The Kier molecular flexibility index (Phi) is 4.39. The monoisotopic (exact) mass is 214 g/mol. The topological polar surface area (TPSA) is 58.6 Å². The number of rotatable bonds is 5. The van der Waals surface area contributed by atoms with Gasteiger partial charge in [-0.25, -0.2) is 4.79 Å². The number of nitrogens with one attached hydrogen (secondary N) is 1. The van der Waals surface area contributed by atoms with Crippen LogP contribution < -0.4 is 5.32 Å². The summed E-state index contributed by atoms with van der Waals surface area (Å²) >= 11 is 0. The van der Waals surface area contributed by atoms with Gasteiger partial charge in [0.15, 0.2) is 0 Å². The molecule has 0 bridgehead atoms. The van der Waals surface area contributed by atoms with Gasteiger partial charge in [-0.05, 0) is 6.42 Å². The van der Waals surface area contributed by atoms with Gasteiger partial charge >= 0.3 is 6.09 Å². The fraction of sp³-hybridized carbons (Fsp3) is 0.800. The molecule has 5 heteroatoms. The minimum absolute atomic E-state index is 0.0375. The van der Waals surface area contributed by atoms with Gasteiger partial charge in [-0.15, -0.1) is 0 Å². The highest BCUT2D eigenvalue weighted by Gasteiger charge is 2.21. The Labute approximate surface area is 89.8 Å². The maximum Gasteiger partial charge on any atom is 0.409 e. The van der Waals surface area contributed by atoms with E-state index in [4.69, 9.17) is 4.74 Å². The third-order valence-electron chi connectivity index (χ3n) is 2.59. The van der Waals surface area contributed by atoms with Crippen LogP contribution in [0.5, 0.6) is 0 Å². The molecule has 1 heterocycles. The van der Waals surface area contributed by atoms with Crippen LogP contribution in [0.2, 0.25) is 0 Å². The summed E-state index contributed by atoms with van der Waals surface area (Å²) < 4.78 is 4.77.